The third kappa shape index (κ3) is 10.7. The van der Waals surface area contributed by atoms with Crippen LogP contribution in [0.4, 0.5) is 0 Å². The molecule has 2 N–H and O–H groups in total. The Kier molecular flexibility index (Phi) is 16.6. The molecule has 0 spiro atoms. The molecule has 7 rings (SSSR count). The fourth-order valence-electron chi connectivity index (χ4n) is 13.3. The Hall–Kier alpha value is -2.57. The monoisotopic (exact) mass is 843 g/mol. The summed E-state index contributed by atoms with van der Waals surface area (Å²) in [5, 5.41) is 8.79. The van der Waals surface area contributed by atoms with Crippen LogP contribution in [0.25, 0.3) is 5.57 Å². The maximum atomic E-state index is 4.40. The second kappa shape index (κ2) is 21.9. The van der Waals surface area contributed by atoms with Crippen molar-refractivity contribution in [3.8, 4) is 0 Å². The van der Waals surface area contributed by atoms with Crippen molar-refractivity contribution in [2.45, 2.75) is 244 Å². The van der Waals surface area contributed by atoms with E-state index in [-0.39, 0.29) is 13.3 Å². The highest BCUT2D eigenvalue weighted by atomic mass is 31.1. The van der Waals surface area contributed by atoms with E-state index >= 15 is 0 Å². The Labute approximate surface area is 376 Å². The standard InChI is InChI=1S/C58H87N2P/c1-9-11-13-21-32-51-52(33-22-14-12-10-2)60-57(59-51)56-50(54-43(5)36-41(3)37-44(54)6)31-25-35-58(56,55-45(7)38-42(4)39-46(55)8)40-47-26-23-24-34-53(47)61(48-27-17-15-18-28-48)49-29-19-16-20-30-49/h25,31,35-40,48-49,51-53,59-60H,9-24,26-30,32-34H2,1-8H3. The number of unbranched alkanes of at least 4 members (excludes halogenated alkanes) is 6. The molecule has 2 aromatic rings. The molecule has 2 aromatic carbocycles. The first-order valence-electron chi connectivity index (χ1n) is 26.0. The van der Waals surface area contributed by atoms with Crippen LogP contribution in [-0.2, 0) is 5.41 Å². The summed E-state index contributed by atoms with van der Waals surface area (Å²) in [5.74, 6) is 1.32. The highest BCUT2D eigenvalue weighted by molar-refractivity contribution is 7.60. The highest BCUT2D eigenvalue weighted by Crippen LogP contribution is 2.64. The molecule has 1 heterocycles. The number of rotatable bonds is 16. The van der Waals surface area contributed by atoms with Gasteiger partial charge < -0.3 is 10.6 Å². The highest BCUT2D eigenvalue weighted by Gasteiger charge is 2.46. The lowest BCUT2D eigenvalue weighted by molar-refractivity contribution is 0.421. The molecular formula is C58H87N2P. The summed E-state index contributed by atoms with van der Waals surface area (Å²) in [6.07, 6.45) is 43.9. The molecule has 4 aliphatic carbocycles. The van der Waals surface area contributed by atoms with Gasteiger partial charge >= 0.3 is 0 Å². The first-order valence-corrected chi connectivity index (χ1v) is 27.5. The summed E-state index contributed by atoms with van der Waals surface area (Å²) >= 11 is 0. The summed E-state index contributed by atoms with van der Waals surface area (Å²) in [4.78, 5) is 0. The Balaban J connectivity index is 1.47. The topological polar surface area (TPSA) is 24.1 Å². The van der Waals surface area contributed by atoms with Crippen LogP contribution >= 0.6 is 7.92 Å². The van der Waals surface area contributed by atoms with Crippen LogP contribution in [0.15, 0.2) is 65.5 Å². The third-order valence-corrected chi connectivity index (χ3v) is 19.9. The summed E-state index contributed by atoms with van der Waals surface area (Å²) in [7, 11) is -0.0757. The Morgan fingerprint density at radius 1 is 0.607 bits per heavy atom. The van der Waals surface area contributed by atoms with Gasteiger partial charge in [-0.2, -0.15) is 0 Å². The number of aryl methyl sites for hydroxylation is 6. The van der Waals surface area contributed by atoms with E-state index in [9.17, 15) is 0 Å². The molecule has 2 nitrogen and oxygen atoms in total. The number of nitrogens with one attached hydrogen (secondary N) is 2. The van der Waals surface area contributed by atoms with Crippen LogP contribution in [0.3, 0.4) is 0 Å². The van der Waals surface area contributed by atoms with E-state index in [1.165, 1.54) is 216 Å². The average Bonchev–Trinajstić information content (AvgIpc) is 3.63. The van der Waals surface area contributed by atoms with E-state index in [1.807, 2.05) is 5.57 Å². The third-order valence-electron chi connectivity index (χ3n) is 15.9. The maximum absolute atomic E-state index is 4.40. The first kappa shape index (κ1) is 46.4. The van der Waals surface area contributed by atoms with Gasteiger partial charge in [0.2, 0.25) is 0 Å². The molecular weight excluding hydrogens is 756 g/mol. The van der Waals surface area contributed by atoms with Crippen molar-refractivity contribution in [2.75, 3.05) is 0 Å². The largest absolute Gasteiger partial charge is 0.367 e. The predicted octanol–water partition coefficient (Wildman–Crippen LogP) is 16.5. The van der Waals surface area contributed by atoms with Crippen LogP contribution in [-0.4, -0.2) is 29.1 Å². The van der Waals surface area contributed by atoms with Crippen molar-refractivity contribution in [3.63, 3.8) is 0 Å². The van der Waals surface area contributed by atoms with Crippen molar-refractivity contribution in [1.82, 2.24) is 10.6 Å². The summed E-state index contributed by atoms with van der Waals surface area (Å²) in [6, 6.07) is 10.8. The zero-order chi connectivity index (χ0) is 42.9. The van der Waals surface area contributed by atoms with Gasteiger partial charge in [-0.05, 0) is 150 Å². The molecule has 0 radical (unpaired) electrons. The molecule has 0 amide bonds. The predicted molar refractivity (Wildman–Crippen MR) is 269 cm³/mol. The van der Waals surface area contributed by atoms with Gasteiger partial charge in [-0.25, -0.2) is 0 Å². The number of hydrogen-bond acceptors (Lipinski definition) is 2. The summed E-state index contributed by atoms with van der Waals surface area (Å²) in [6.45, 7) is 18.9. The molecule has 0 bridgehead atoms. The van der Waals surface area contributed by atoms with Crippen LogP contribution in [0, 0.1) is 41.5 Å². The lowest BCUT2D eigenvalue weighted by Gasteiger charge is -2.47. The van der Waals surface area contributed by atoms with E-state index in [0.717, 1.165) is 17.0 Å². The zero-order valence-electron chi connectivity index (χ0n) is 40.4. The first-order chi connectivity index (χ1) is 29.6. The van der Waals surface area contributed by atoms with Gasteiger partial charge in [-0.1, -0.05) is 183 Å². The maximum Gasteiger partial charge on any atom is 0.105 e. The SMILES string of the molecule is CCCCCCC1NC(=C2C(c3c(C)cc(C)cc3C)=CC=CC2(C=C2CCCCC2P(C2CCCCC2)C2CCCCC2)c2c(C)cc(C)cc2C)NC1CCCCCC. The lowest BCUT2D eigenvalue weighted by Crippen LogP contribution is -2.36. The van der Waals surface area contributed by atoms with E-state index in [0.29, 0.717) is 12.1 Å². The minimum atomic E-state index is -0.389. The van der Waals surface area contributed by atoms with E-state index in [1.54, 1.807) is 0 Å². The fraction of sp³-hybridized carbons (Fsp3) is 0.655. The molecule has 1 saturated heterocycles. The smallest absolute Gasteiger partial charge is 0.105 e. The fourth-order valence-corrected chi connectivity index (χ4v) is 18.0. The molecule has 5 aliphatic rings. The number of hydrogen-bond donors (Lipinski definition) is 2. The second-order valence-corrected chi connectivity index (χ2v) is 23.8. The average molecular weight is 843 g/mol. The molecule has 3 heteroatoms. The molecule has 3 saturated carbocycles. The van der Waals surface area contributed by atoms with Crippen LogP contribution < -0.4 is 10.6 Å². The summed E-state index contributed by atoms with van der Waals surface area (Å²) in [5.41, 5.74) is 18.4. The van der Waals surface area contributed by atoms with Crippen molar-refractivity contribution in [2.24, 2.45) is 0 Å². The molecule has 61 heavy (non-hydrogen) atoms. The van der Waals surface area contributed by atoms with Crippen LogP contribution in [0.1, 0.15) is 212 Å². The Morgan fingerprint density at radius 3 is 1.64 bits per heavy atom. The normalized spacial score (nSPS) is 26.0. The quantitative estimate of drug-likeness (QED) is 0.0999. The molecule has 334 valence electrons. The Morgan fingerprint density at radius 2 is 1.11 bits per heavy atom. The minimum absolute atomic E-state index is 0.0757. The molecule has 1 aliphatic heterocycles. The minimum Gasteiger partial charge on any atom is -0.367 e. The van der Waals surface area contributed by atoms with Gasteiger partial charge in [0.15, 0.2) is 0 Å². The van der Waals surface area contributed by atoms with E-state index < -0.39 is 0 Å². The molecule has 4 fully saturated rings. The molecule has 0 aromatic heterocycles. The van der Waals surface area contributed by atoms with Crippen LogP contribution in [0.2, 0.25) is 0 Å². The van der Waals surface area contributed by atoms with Gasteiger partial charge in [-0.3, -0.25) is 0 Å². The van der Waals surface area contributed by atoms with Gasteiger partial charge in [-0.15, -0.1) is 0 Å². The number of benzene rings is 2. The van der Waals surface area contributed by atoms with E-state index in [4.69, 9.17) is 0 Å². The summed E-state index contributed by atoms with van der Waals surface area (Å²) < 4.78 is 0. The van der Waals surface area contributed by atoms with Crippen molar-refractivity contribution >= 4 is 13.5 Å². The zero-order valence-corrected chi connectivity index (χ0v) is 41.3. The van der Waals surface area contributed by atoms with Crippen molar-refractivity contribution in [1.29, 1.82) is 0 Å². The Bertz CT molecular complexity index is 1810. The van der Waals surface area contributed by atoms with Crippen LogP contribution in [0.5, 0.6) is 0 Å². The second-order valence-electron chi connectivity index (χ2n) is 20.8. The lowest BCUT2D eigenvalue weighted by atomic mass is 9.63. The van der Waals surface area contributed by atoms with Crippen molar-refractivity contribution in [3.05, 3.63) is 110 Å². The van der Waals surface area contributed by atoms with Crippen molar-refractivity contribution < 1.29 is 0 Å². The molecule has 4 unspecified atom stereocenters. The van der Waals surface area contributed by atoms with Gasteiger partial charge in [0.05, 0.1) is 5.41 Å². The van der Waals surface area contributed by atoms with Gasteiger partial charge in [0.25, 0.3) is 0 Å². The molecule has 4 atom stereocenters. The van der Waals surface area contributed by atoms with Gasteiger partial charge in [0, 0.05) is 23.3 Å². The number of allylic oxidation sites excluding steroid dienone is 7. The van der Waals surface area contributed by atoms with Gasteiger partial charge in [0.1, 0.15) is 5.82 Å². The van der Waals surface area contributed by atoms with E-state index in [2.05, 4.69) is 115 Å².